The van der Waals surface area contributed by atoms with Crippen molar-refractivity contribution in [3.8, 4) is 0 Å². The van der Waals surface area contributed by atoms with Gasteiger partial charge < -0.3 is 4.52 Å². The first-order chi connectivity index (χ1) is 10.6. The summed E-state index contributed by atoms with van der Waals surface area (Å²) in [6, 6.07) is 7.96. The summed E-state index contributed by atoms with van der Waals surface area (Å²) in [6.45, 7) is 7.73. The number of aryl methyl sites for hydroxylation is 1. The normalized spacial score (nSPS) is 12.2. The Morgan fingerprint density at radius 1 is 1.22 bits per heavy atom. The molecule has 0 spiro atoms. The predicted molar refractivity (Wildman–Crippen MR) is 87.1 cm³/mol. The molecule has 124 valence electrons. The fraction of sp³-hybridized carbons (Fsp3) is 0.375. The fourth-order valence-electron chi connectivity index (χ4n) is 1.86. The summed E-state index contributed by atoms with van der Waals surface area (Å²) in [5.74, 6) is -1.18. The van der Waals surface area contributed by atoms with Crippen molar-refractivity contribution in [3.05, 3.63) is 41.6 Å². The number of rotatable bonds is 4. The fourth-order valence-corrected chi connectivity index (χ4v) is 3.00. The number of carbonyl (C=O) groups excluding carboxylic acids is 1. The molecule has 1 aromatic carbocycles. The highest BCUT2D eigenvalue weighted by molar-refractivity contribution is 7.92. The van der Waals surface area contributed by atoms with Gasteiger partial charge in [-0.2, -0.15) is 0 Å². The molecule has 1 amide bonds. The first-order valence-corrected chi connectivity index (χ1v) is 8.80. The van der Waals surface area contributed by atoms with Crippen LogP contribution in [0.2, 0.25) is 0 Å². The first-order valence-electron chi connectivity index (χ1n) is 7.14. The summed E-state index contributed by atoms with van der Waals surface area (Å²) in [7, 11) is -3.69. The molecule has 0 radical (unpaired) electrons. The standard InChI is InChI=1S/C16H20N2O4S/c1-11-5-7-12(8-6-11)23(20,21)10-14(19)17-15-9-13(18-22-15)16(2,3)4/h5-9H,10H2,1-4H3,(H,17,19). The highest BCUT2D eigenvalue weighted by Gasteiger charge is 2.22. The molecule has 23 heavy (non-hydrogen) atoms. The first kappa shape index (κ1) is 17.2. The van der Waals surface area contributed by atoms with E-state index in [1.807, 2.05) is 27.7 Å². The Morgan fingerprint density at radius 2 is 1.83 bits per heavy atom. The molecule has 0 saturated heterocycles. The third-order valence-corrected chi connectivity index (χ3v) is 4.88. The molecule has 0 bridgehead atoms. The number of hydrogen-bond acceptors (Lipinski definition) is 5. The molecule has 0 aliphatic heterocycles. The number of sulfone groups is 1. The third kappa shape index (κ3) is 4.41. The van der Waals surface area contributed by atoms with Gasteiger partial charge >= 0.3 is 0 Å². The summed E-state index contributed by atoms with van der Waals surface area (Å²) in [6.07, 6.45) is 0. The van der Waals surface area contributed by atoms with Gasteiger partial charge in [0.15, 0.2) is 9.84 Å². The van der Waals surface area contributed by atoms with Crippen molar-refractivity contribution in [1.29, 1.82) is 0 Å². The maximum absolute atomic E-state index is 12.2. The van der Waals surface area contributed by atoms with Crippen molar-refractivity contribution in [2.24, 2.45) is 0 Å². The Bertz CT molecular complexity index is 799. The maximum Gasteiger partial charge on any atom is 0.242 e. The lowest BCUT2D eigenvalue weighted by atomic mass is 9.92. The Morgan fingerprint density at radius 3 is 2.35 bits per heavy atom. The lowest BCUT2D eigenvalue weighted by molar-refractivity contribution is -0.114. The van der Waals surface area contributed by atoms with Crippen molar-refractivity contribution in [2.75, 3.05) is 11.1 Å². The number of carbonyl (C=O) groups is 1. The van der Waals surface area contributed by atoms with Crippen LogP contribution in [0.3, 0.4) is 0 Å². The van der Waals surface area contributed by atoms with Gasteiger partial charge in [-0.3, -0.25) is 10.1 Å². The molecule has 7 heteroatoms. The van der Waals surface area contributed by atoms with Crippen molar-refractivity contribution in [2.45, 2.75) is 38.0 Å². The van der Waals surface area contributed by atoms with E-state index >= 15 is 0 Å². The molecule has 0 atom stereocenters. The second-order valence-corrected chi connectivity index (χ2v) is 8.44. The number of hydrogen-bond donors (Lipinski definition) is 1. The third-order valence-electron chi connectivity index (χ3n) is 3.24. The van der Waals surface area contributed by atoms with Gasteiger partial charge in [0.2, 0.25) is 11.8 Å². The second kappa shape index (κ2) is 6.16. The molecule has 2 aromatic rings. The van der Waals surface area contributed by atoms with E-state index in [2.05, 4.69) is 10.5 Å². The molecule has 0 fully saturated rings. The van der Waals surface area contributed by atoms with Crippen molar-refractivity contribution in [1.82, 2.24) is 5.16 Å². The molecule has 1 N–H and O–H groups in total. The summed E-state index contributed by atoms with van der Waals surface area (Å²) in [5, 5.41) is 6.29. The zero-order valence-corrected chi connectivity index (χ0v) is 14.4. The van der Waals surface area contributed by atoms with Gasteiger partial charge in [-0.25, -0.2) is 8.42 Å². The van der Waals surface area contributed by atoms with E-state index in [0.29, 0.717) is 5.69 Å². The van der Waals surface area contributed by atoms with Gasteiger partial charge in [0, 0.05) is 11.5 Å². The average molecular weight is 336 g/mol. The van der Waals surface area contributed by atoms with Gasteiger partial charge in [0.25, 0.3) is 0 Å². The van der Waals surface area contributed by atoms with Gasteiger partial charge in [0.1, 0.15) is 5.75 Å². The molecule has 0 saturated carbocycles. The largest absolute Gasteiger partial charge is 0.338 e. The number of nitrogens with one attached hydrogen (secondary N) is 1. The van der Waals surface area contributed by atoms with E-state index in [9.17, 15) is 13.2 Å². The quantitative estimate of drug-likeness (QED) is 0.927. The molecule has 2 rings (SSSR count). The number of nitrogens with zero attached hydrogens (tertiary/aromatic N) is 1. The lowest BCUT2D eigenvalue weighted by Crippen LogP contribution is -2.22. The number of anilines is 1. The maximum atomic E-state index is 12.2. The minimum Gasteiger partial charge on any atom is -0.338 e. The Labute approximate surface area is 135 Å². The molecule has 6 nitrogen and oxygen atoms in total. The van der Waals surface area contributed by atoms with Crippen LogP contribution in [0.25, 0.3) is 0 Å². The zero-order valence-electron chi connectivity index (χ0n) is 13.6. The Hall–Kier alpha value is -2.15. The van der Waals surface area contributed by atoms with E-state index in [-0.39, 0.29) is 16.2 Å². The lowest BCUT2D eigenvalue weighted by Gasteiger charge is -2.12. The Balaban J connectivity index is 2.07. The Kier molecular flexibility index (Phi) is 4.61. The van der Waals surface area contributed by atoms with Gasteiger partial charge in [-0.15, -0.1) is 0 Å². The summed E-state index contributed by atoms with van der Waals surface area (Å²) < 4.78 is 29.4. The molecule has 0 aliphatic rings. The van der Waals surface area contributed by atoms with E-state index in [0.717, 1.165) is 5.56 Å². The molecule has 0 unspecified atom stereocenters. The summed E-state index contributed by atoms with van der Waals surface area (Å²) in [4.78, 5) is 12.1. The summed E-state index contributed by atoms with van der Waals surface area (Å²) >= 11 is 0. The summed E-state index contributed by atoms with van der Waals surface area (Å²) in [5.41, 5.74) is 1.40. The van der Waals surface area contributed by atoms with Crippen LogP contribution < -0.4 is 5.32 Å². The predicted octanol–water partition coefficient (Wildman–Crippen LogP) is 2.69. The highest BCUT2D eigenvalue weighted by Crippen LogP contribution is 2.23. The molecule has 0 aliphatic carbocycles. The minimum absolute atomic E-state index is 0.117. The van der Waals surface area contributed by atoms with Crippen LogP contribution in [0.5, 0.6) is 0 Å². The molecule has 1 aromatic heterocycles. The molecular formula is C16H20N2O4S. The van der Waals surface area contributed by atoms with E-state index in [4.69, 9.17) is 4.52 Å². The van der Waals surface area contributed by atoms with E-state index in [1.54, 1.807) is 18.2 Å². The van der Waals surface area contributed by atoms with E-state index in [1.165, 1.54) is 12.1 Å². The SMILES string of the molecule is Cc1ccc(S(=O)(=O)CC(=O)Nc2cc(C(C)(C)C)no2)cc1. The number of amides is 1. The van der Waals surface area contributed by atoms with Crippen LogP contribution in [-0.2, 0) is 20.0 Å². The van der Waals surface area contributed by atoms with Crippen LogP contribution >= 0.6 is 0 Å². The van der Waals surface area contributed by atoms with Crippen molar-refractivity contribution < 1.29 is 17.7 Å². The number of aromatic nitrogens is 1. The highest BCUT2D eigenvalue weighted by atomic mass is 32.2. The zero-order chi connectivity index (χ0) is 17.3. The van der Waals surface area contributed by atoms with Crippen LogP contribution in [0, 0.1) is 6.92 Å². The van der Waals surface area contributed by atoms with E-state index < -0.39 is 21.5 Å². The van der Waals surface area contributed by atoms with Gasteiger partial charge in [0.05, 0.1) is 10.6 Å². The van der Waals surface area contributed by atoms with Gasteiger partial charge in [-0.05, 0) is 19.1 Å². The van der Waals surface area contributed by atoms with Crippen LogP contribution in [0.4, 0.5) is 5.88 Å². The molecule has 1 heterocycles. The monoisotopic (exact) mass is 336 g/mol. The second-order valence-electron chi connectivity index (χ2n) is 6.45. The average Bonchev–Trinajstić information content (AvgIpc) is 2.86. The van der Waals surface area contributed by atoms with Crippen LogP contribution in [0.1, 0.15) is 32.0 Å². The van der Waals surface area contributed by atoms with Gasteiger partial charge in [-0.1, -0.05) is 43.6 Å². The number of benzene rings is 1. The smallest absolute Gasteiger partial charge is 0.242 e. The van der Waals surface area contributed by atoms with Crippen molar-refractivity contribution >= 4 is 21.6 Å². The van der Waals surface area contributed by atoms with Crippen molar-refractivity contribution in [3.63, 3.8) is 0 Å². The van der Waals surface area contributed by atoms with Crippen LogP contribution in [-0.4, -0.2) is 25.2 Å². The molecular weight excluding hydrogens is 316 g/mol. The van der Waals surface area contributed by atoms with Crippen LogP contribution in [0.15, 0.2) is 39.8 Å². The minimum atomic E-state index is -3.69. The topological polar surface area (TPSA) is 89.3 Å².